The molecule has 0 amide bonds. The van der Waals surface area contributed by atoms with E-state index in [2.05, 4.69) is 48.7 Å². The lowest BCUT2D eigenvalue weighted by atomic mass is 9.94. The van der Waals surface area contributed by atoms with Crippen molar-refractivity contribution in [3.63, 3.8) is 0 Å². The molecule has 21 heavy (non-hydrogen) atoms. The van der Waals surface area contributed by atoms with Gasteiger partial charge in [0.05, 0.1) is 12.8 Å². The molecule has 0 radical (unpaired) electrons. The van der Waals surface area contributed by atoms with Crippen LogP contribution < -0.4 is 10.1 Å². The first-order valence-corrected chi connectivity index (χ1v) is 7.60. The summed E-state index contributed by atoms with van der Waals surface area (Å²) in [6.07, 6.45) is 5.00. The van der Waals surface area contributed by atoms with Crippen LogP contribution in [0.2, 0.25) is 0 Å². The molecule has 4 nitrogen and oxygen atoms in total. The van der Waals surface area contributed by atoms with E-state index in [4.69, 9.17) is 4.74 Å². The Morgan fingerprint density at radius 1 is 1.38 bits per heavy atom. The Balaban J connectivity index is 1.75. The molecule has 112 valence electrons. The highest BCUT2D eigenvalue weighted by Gasteiger charge is 2.19. The second-order valence-electron chi connectivity index (χ2n) is 6.09. The number of hydrogen-bond acceptors (Lipinski definition) is 3. The maximum Gasteiger partial charge on any atom is 0.122 e. The zero-order valence-corrected chi connectivity index (χ0v) is 13.0. The van der Waals surface area contributed by atoms with Gasteiger partial charge < -0.3 is 10.1 Å². The van der Waals surface area contributed by atoms with Crippen molar-refractivity contribution < 1.29 is 4.74 Å². The Labute approximate surface area is 126 Å². The molecule has 4 heteroatoms. The van der Waals surface area contributed by atoms with Gasteiger partial charge in [0.2, 0.25) is 0 Å². The Bertz CT molecular complexity index is 618. The third-order valence-electron chi connectivity index (χ3n) is 4.02. The van der Waals surface area contributed by atoms with Crippen LogP contribution >= 0.6 is 0 Å². The molecule has 0 unspecified atom stereocenters. The van der Waals surface area contributed by atoms with Crippen LogP contribution in [0.1, 0.15) is 36.6 Å². The van der Waals surface area contributed by atoms with Crippen molar-refractivity contribution >= 4 is 0 Å². The van der Waals surface area contributed by atoms with Gasteiger partial charge >= 0.3 is 0 Å². The van der Waals surface area contributed by atoms with E-state index in [9.17, 15) is 0 Å². The van der Waals surface area contributed by atoms with Gasteiger partial charge in [-0.1, -0.05) is 26.0 Å². The lowest BCUT2D eigenvalue weighted by Crippen LogP contribution is -2.25. The average molecular weight is 285 g/mol. The highest BCUT2D eigenvalue weighted by atomic mass is 16.5. The van der Waals surface area contributed by atoms with Crippen LogP contribution in [-0.2, 0) is 20.0 Å². The van der Waals surface area contributed by atoms with E-state index >= 15 is 0 Å². The van der Waals surface area contributed by atoms with Gasteiger partial charge in [-0.2, -0.15) is 5.10 Å². The molecular formula is C17H23N3O. The molecule has 1 aliphatic rings. The molecule has 0 spiro atoms. The molecule has 1 aromatic carbocycles. The van der Waals surface area contributed by atoms with Crippen LogP contribution in [0.5, 0.6) is 5.75 Å². The van der Waals surface area contributed by atoms with Crippen molar-refractivity contribution in [2.24, 2.45) is 13.0 Å². The summed E-state index contributed by atoms with van der Waals surface area (Å²) in [7, 11) is 1.95. The fraction of sp³-hybridized carbons (Fsp3) is 0.471. The standard InChI is InChI=1S/C17H23N3O/c1-12(2)17(18-9-13-10-19-20(3)11-13)15-4-5-16-14(8-15)6-7-21-16/h4-5,8,10-12,17-18H,6-7,9H2,1-3H3/t17-/m0/s1. The summed E-state index contributed by atoms with van der Waals surface area (Å²) in [6.45, 7) is 6.16. The summed E-state index contributed by atoms with van der Waals surface area (Å²) in [5.41, 5.74) is 3.90. The van der Waals surface area contributed by atoms with Crippen LogP contribution in [-0.4, -0.2) is 16.4 Å². The van der Waals surface area contributed by atoms with Crippen molar-refractivity contribution in [2.45, 2.75) is 32.9 Å². The first kappa shape index (κ1) is 14.1. The van der Waals surface area contributed by atoms with Crippen LogP contribution in [0.25, 0.3) is 0 Å². The number of rotatable bonds is 5. The van der Waals surface area contributed by atoms with Crippen molar-refractivity contribution in [2.75, 3.05) is 6.61 Å². The number of nitrogens with one attached hydrogen (secondary N) is 1. The van der Waals surface area contributed by atoms with Gasteiger partial charge in [0.15, 0.2) is 0 Å². The van der Waals surface area contributed by atoms with Gasteiger partial charge in [-0.3, -0.25) is 4.68 Å². The van der Waals surface area contributed by atoms with Gasteiger partial charge in [-0.05, 0) is 23.1 Å². The minimum atomic E-state index is 0.344. The molecule has 3 rings (SSSR count). The number of benzene rings is 1. The van der Waals surface area contributed by atoms with E-state index in [1.807, 2.05) is 17.9 Å². The minimum Gasteiger partial charge on any atom is -0.493 e. The van der Waals surface area contributed by atoms with Crippen LogP contribution in [0, 0.1) is 5.92 Å². The molecule has 1 aliphatic heterocycles. The maximum absolute atomic E-state index is 5.59. The van der Waals surface area contributed by atoms with Crippen LogP contribution in [0.15, 0.2) is 30.6 Å². The molecule has 0 bridgehead atoms. The molecule has 2 heterocycles. The lowest BCUT2D eigenvalue weighted by Gasteiger charge is -2.23. The summed E-state index contributed by atoms with van der Waals surface area (Å²) >= 11 is 0. The number of ether oxygens (including phenoxy) is 1. The highest BCUT2D eigenvalue weighted by Crippen LogP contribution is 2.30. The number of nitrogens with zero attached hydrogens (tertiary/aromatic N) is 2. The topological polar surface area (TPSA) is 39.1 Å². The van der Waals surface area contributed by atoms with Crippen molar-refractivity contribution in [3.05, 3.63) is 47.3 Å². The fourth-order valence-corrected chi connectivity index (χ4v) is 2.93. The Morgan fingerprint density at radius 3 is 2.95 bits per heavy atom. The monoisotopic (exact) mass is 285 g/mol. The van der Waals surface area contributed by atoms with E-state index in [0.29, 0.717) is 12.0 Å². The smallest absolute Gasteiger partial charge is 0.122 e. The van der Waals surface area contributed by atoms with E-state index in [1.165, 1.54) is 16.7 Å². The predicted octanol–water partition coefficient (Wildman–Crippen LogP) is 2.84. The summed E-state index contributed by atoms with van der Waals surface area (Å²) in [5, 5.41) is 7.88. The first-order chi connectivity index (χ1) is 10.1. The highest BCUT2D eigenvalue weighted by molar-refractivity contribution is 5.41. The van der Waals surface area contributed by atoms with Crippen molar-refractivity contribution in [1.82, 2.24) is 15.1 Å². The largest absolute Gasteiger partial charge is 0.493 e. The molecule has 0 aliphatic carbocycles. The van der Waals surface area contributed by atoms with Crippen molar-refractivity contribution in [1.29, 1.82) is 0 Å². The summed E-state index contributed by atoms with van der Waals surface area (Å²) in [4.78, 5) is 0. The molecule has 0 saturated carbocycles. The van der Waals surface area contributed by atoms with Gasteiger partial charge in [0.25, 0.3) is 0 Å². The Morgan fingerprint density at radius 2 is 2.24 bits per heavy atom. The zero-order valence-electron chi connectivity index (χ0n) is 13.0. The molecule has 1 N–H and O–H groups in total. The third kappa shape index (κ3) is 3.10. The quantitative estimate of drug-likeness (QED) is 0.918. The molecule has 1 atom stereocenters. The minimum absolute atomic E-state index is 0.344. The van der Waals surface area contributed by atoms with Gasteiger partial charge in [0.1, 0.15) is 5.75 Å². The van der Waals surface area contributed by atoms with Gasteiger partial charge in [0, 0.05) is 37.8 Å². The summed E-state index contributed by atoms with van der Waals surface area (Å²) in [5.74, 6) is 1.58. The van der Waals surface area contributed by atoms with Gasteiger partial charge in [-0.25, -0.2) is 0 Å². The Hall–Kier alpha value is -1.81. The molecule has 2 aromatic rings. The first-order valence-electron chi connectivity index (χ1n) is 7.60. The molecular weight excluding hydrogens is 262 g/mol. The number of aromatic nitrogens is 2. The normalized spacial score (nSPS) is 15.0. The fourth-order valence-electron chi connectivity index (χ4n) is 2.93. The average Bonchev–Trinajstić information content (AvgIpc) is 3.07. The Kier molecular flexibility index (Phi) is 3.97. The second-order valence-corrected chi connectivity index (χ2v) is 6.09. The van der Waals surface area contributed by atoms with E-state index < -0.39 is 0 Å². The summed E-state index contributed by atoms with van der Waals surface area (Å²) in [6, 6.07) is 6.93. The van der Waals surface area contributed by atoms with Gasteiger partial charge in [-0.15, -0.1) is 0 Å². The zero-order chi connectivity index (χ0) is 14.8. The predicted molar refractivity (Wildman–Crippen MR) is 83.3 cm³/mol. The SMILES string of the molecule is CC(C)[C@H](NCc1cnn(C)c1)c1ccc2c(c1)CCO2. The number of hydrogen-bond donors (Lipinski definition) is 1. The molecule has 0 fully saturated rings. The lowest BCUT2D eigenvalue weighted by molar-refractivity contribution is 0.356. The van der Waals surface area contributed by atoms with Crippen LogP contribution in [0.3, 0.4) is 0 Å². The number of aryl methyl sites for hydroxylation is 1. The molecule has 1 aromatic heterocycles. The summed E-state index contributed by atoms with van der Waals surface area (Å²) < 4.78 is 7.44. The maximum atomic E-state index is 5.59. The van der Waals surface area contributed by atoms with Crippen LogP contribution in [0.4, 0.5) is 0 Å². The van der Waals surface area contributed by atoms with E-state index in [1.54, 1.807) is 0 Å². The van der Waals surface area contributed by atoms with E-state index in [-0.39, 0.29) is 0 Å². The second kappa shape index (κ2) is 5.90. The third-order valence-corrected chi connectivity index (χ3v) is 4.02. The van der Waals surface area contributed by atoms with Crippen molar-refractivity contribution in [3.8, 4) is 5.75 Å². The number of fused-ring (bicyclic) bond motifs is 1. The van der Waals surface area contributed by atoms with E-state index in [0.717, 1.165) is 25.3 Å². The molecule has 0 saturated heterocycles.